The van der Waals surface area contributed by atoms with Gasteiger partial charge in [-0.1, -0.05) is 133 Å². The molecule has 5 heteroatoms. The molecule has 0 unspecified atom stereocenters. The van der Waals surface area contributed by atoms with E-state index in [1.54, 1.807) is 0 Å². The Balaban J connectivity index is 1.20. The van der Waals surface area contributed by atoms with E-state index >= 15 is 0 Å². The van der Waals surface area contributed by atoms with Crippen LogP contribution in [0.3, 0.4) is 0 Å². The number of rotatable bonds is 6. The number of aromatic nitrogens is 4. The van der Waals surface area contributed by atoms with Gasteiger partial charge in [-0.15, -0.1) is 0 Å². The summed E-state index contributed by atoms with van der Waals surface area (Å²) in [6.07, 6.45) is 0. The van der Waals surface area contributed by atoms with Gasteiger partial charge in [-0.2, -0.15) is 5.26 Å². The van der Waals surface area contributed by atoms with Crippen LogP contribution in [0, 0.1) is 11.3 Å². The minimum absolute atomic E-state index is 0.608. The maximum atomic E-state index is 9.92. The highest BCUT2D eigenvalue weighted by Gasteiger charge is 2.19. The van der Waals surface area contributed by atoms with E-state index in [-0.39, 0.29) is 0 Å². The summed E-state index contributed by atoms with van der Waals surface area (Å²) in [5.74, 6) is 0.656. The third-order valence-electron chi connectivity index (χ3n) is 11.1. The second-order valence-corrected chi connectivity index (χ2v) is 14.6. The zero-order chi connectivity index (χ0) is 38.6. The van der Waals surface area contributed by atoms with Gasteiger partial charge in [-0.3, -0.25) is 0 Å². The maximum Gasteiger partial charge on any atom is 0.160 e. The first-order valence-corrected chi connectivity index (χ1v) is 19.4. The Morgan fingerprint density at radius 2 is 0.862 bits per heavy atom. The Hall–Kier alpha value is -8.07. The fraction of sp³-hybridized carbons (Fsp3) is 0. The predicted molar refractivity (Wildman–Crippen MR) is 237 cm³/mol. The minimum atomic E-state index is 0.608. The Morgan fingerprint density at radius 3 is 1.50 bits per heavy atom. The van der Waals surface area contributed by atoms with E-state index in [2.05, 4.69) is 161 Å². The molecule has 0 aliphatic heterocycles. The van der Waals surface area contributed by atoms with Crippen LogP contribution >= 0.6 is 0 Å². The van der Waals surface area contributed by atoms with Gasteiger partial charge in [0.25, 0.3) is 0 Å². The fourth-order valence-electron chi connectivity index (χ4n) is 8.47. The average molecular weight is 740 g/mol. The Morgan fingerprint density at radius 1 is 0.345 bits per heavy atom. The molecular weight excluding hydrogens is 707 g/mol. The molecule has 270 valence electrons. The molecule has 11 rings (SSSR count). The summed E-state index contributed by atoms with van der Waals surface area (Å²) in [5, 5.41) is 14.7. The zero-order valence-corrected chi connectivity index (χ0v) is 31.3. The number of para-hydroxylation sites is 3. The van der Waals surface area contributed by atoms with Gasteiger partial charge in [0.1, 0.15) is 0 Å². The summed E-state index contributed by atoms with van der Waals surface area (Å²) >= 11 is 0. The predicted octanol–water partition coefficient (Wildman–Crippen LogP) is 13.2. The molecule has 0 saturated heterocycles. The molecular formula is C53H33N5. The Kier molecular flexibility index (Phi) is 7.80. The average Bonchev–Trinajstić information content (AvgIpc) is 3.82. The molecule has 11 aromatic rings. The number of hydrogen-bond donors (Lipinski definition) is 0. The van der Waals surface area contributed by atoms with Crippen molar-refractivity contribution >= 4 is 43.6 Å². The Labute approximate surface area is 335 Å². The normalized spacial score (nSPS) is 11.4. The van der Waals surface area contributed by atoms with Crippen molar-refractivity contribution in [3.05, 3.63) is 206 Å². The van der Waals surface area contributed by atoms with Gasteiger partial charge in [0.15, 0.2) is 5.82 Å². The van der Waals surface area contributed by atoms with Crippen LogP contribution in [0.4, 0.5) is 0 Å². The number of fused-ring (bicyclic) bond motifs is 6. The lowest BCUT2D eigenvalue weighted by molar-refractivity contribution is 1.15. The summed E-state index contributed by atoms with van der Waals surface area (Å²) in [5.41, 5.74) is 13.7. The summed E-state index contributed by atoms with van der Waals surface area (Å²) in [6.45, 7) is 0. The number of hydrogen-bond acceptors (Lipinski definition) is 3. The lowest BCUT2D eigenvalue weighted by atomic mass is 9.98. The third kappa shape index (κ3) is 5.55. The van der Waals surface area contributed by atoms with Gasteiger partial charge in [-0.25, -0.2) is 9.97 Å². The van der Waals surface area contributed by atoms with Gasteiger partial charge >= 0.3 is 0 Å². The SMILES string of the molecule is N#Cc1cccc(-c2cc(-c3cc(-c4ccccc4)nc(-c4ccccc4)n3)cc(-n3c4ccccc4c4ccc(-n5c6ccccc6c6ccccc65)cc43)c2)c1. The second-order valence-electron chi connectivity index (χ2n) is 14.6. The lowest BCUT2D eigenvalue weighted by Crippen LogP contribution is -2.00. The topological polar surface area (TPSA) is 59.4 Å². The highest BCUT2D eigenvalue weighted by Crippen LogP contribution is 2.39. The molecule has 0 atom stereocenters. The zero-order valence-electron chi connectivity index (χ0n) is 31.3. The van der Waals surface area contributed by atoms with Crippen molar-refractivity contribution in [2.24, 2.45) is 0 Å². The highest BCUT2D eigenvalue weighted by molar-refractivity contribution is 6.12. The molecule has 3 heterocycles. The number of nitriles is 1. The van der Waals surface area contributed by atoms with Gasteiger partial charge in [-0.05, 0) is 77.9 Å². The van der Waals surface area contributed by atoms with E-state index in [1.165, 1.54) is 32.6 Å². The van der Waals surface area contributed by atoms with Crippen LogP contribution in [0.1, 0.15) is 5.56 Å². The van der Waals surface area contributed by atoms with Crippen LogP contribution in [0.5, 0.6) is 0 Å². The molecule has 0 saturated carbocycles. The van der Waals surface area contributed by atoms with Crippen molar-refractivity contribution in [1.82, 2.24) is 19.1 Å². The summed E-state index contributed by atoms with van der Waals surface area (Å²) in [7, 11) is 0. The summed E-state index contributed by atoms with van der Waals surface area (Å²) in [6, 6.07) is 72.0. The smallest absolute Gasteiger partial charge is 0.160 e. The molecule has 0 aliphatic rings. The van der Waals surface area contributed by atoms with Crippen molar-refractivity contribution in [3.63, 3.8) is 0 Å². The van der Waals surface area contributed by atoms with E-state index < -0.39 is 0 Å². The number of nitrogens with zero attached hydrogens (tertiary/aromatic N) is 5. The lowest BCUT2D eigenvalue weighted by Gasteiger charge is -2.16. The van der Waals surface area contributed by atoms with E-state index in [0.717, 1.165) is 61.6 Å². The van der Waals surface area contributed by atoms with Gasteiger partial charge < -0.3 is 9.13 Å². The first kappa shape index (κ1) is 33.3. The van der Waals surface area contributed by atoms with Crippen LogP contribution in [0.2, 0.25) is 0 Å². The molecule has 0 spiro atoms. The molecule has 58 heavy (non-hydrogen) atoms. The second kappa shape index (κ2) is 13.6. The standard InChI is InChI=1S/C53H33N5/c54-34-35-14-13-19-38(28-35)39-29-40(48-33-47(36-15-3-1-4-16-36)55-53(56-48)37-17-5-2-6-18-37)31-42(30-39)58-51-25-12-9-22-45(51)46-27-26-41(32-52(46)58)57-49-23-10-7-20-43(49)44-21-8-11-24-50(44)57/h1-33H. The van der Waals surface area contributed by atoms with Crippen molar-refractivity contribution in [2.45, 2.75) is 0 Å². The van der Waals surface area contributed by atoms with Gasteiger partial charge in [0.2, 0.25) is 0 Å². The van der Waals surface area contributed by atoms with Crippen molar-refractivity contribution in [3.8, 4) is 62.5 Å². The molecule has 0 fully saturated rings. The van der Waals surface area contributed by atoms with Gasteiger partial charge in [0.05, 0.1) is 45.1 Å². The van der Waals surface area contributed by atoms with Crippen molar-refractivity contribution in [2.75, 3.05) is 0 Å². The summed E-state index contributed by atoms with van der Waals surface area (Å²) < 4.78 is 4.75. The molecule has 0 amide bonds. The largest absolute Gasteiger partial charge is 0.309 e. The first-order chi connectivity index (χ1) is 28.7. The van der Waals surface area contributed by atoms with E-state index in [9.17, 15) is 5.26 Å². The van der Waals surface area contributed by atoms with Gasteiger partial charge in [0, 0.05) is 49.6 Å². The molecule has 5 nitrogen and oxygen atoms in total. The Bertz CT molecular complexity index is 3290. The van der Waals surface area contributed by atoms with Crippen LogP contribution in [-0.4, -0.2) is 19.1 Å². The van der Waals surface area contributed by atoms with Crippen LogP contribution in [0.25, 0.3) is 100 Å². The van der Waals surface area contributed by atoms with Crippen LogP contribution in [-0.2, 0) is 0 Å². The highest BCUT2D eigenvalue weighted by atomic mass is 15.0. The molecule has 0 radical (unpaired) electrons. The monoisotopic (exact) mass is 739 g/mol. The van der Waals surface area contributed by atoms with E-state index in [1.807, 2.05) is 54.6 Å². The van der Waals surface area contributed by atoms with Crippen molar-refractivity contribution in [1.29, 1.82) is 5.26 Å². The quantitative estimate of drug-likeness (QED) is 0.171. The van der Waals surface area contributed by atoms with Crippen LogP contribution < -0.4 is 0 Å². The third-order valence-corrected chi connectivity index (χ3v) is 11.1. The molecule has 8 aromatic carbocycles. The van der Waals surface area contributed by atoms with Crippen LogP contribution in [0.15, 0.2) is 200 Å². The first-order valence-electron chi connectivity index (χ1n) is 19.4. The van der Waals surface area contributed by atoms with E-state index in [4.69, 9.17) is 9.97 Å². The minimum Gasteiger partial charge on any atom is -0.309 e. The molecule has 0 N–H and O–H groups in total. The molecule has 0 aliphatic carbocycles. The fourth-order valence-corrected chi connectivity index (χ4v) is 8.47. The summed E-state index contributed by atoms with van der Waals surface area (Å²) in [4.78, 5) is 10.3. The molecule has 3 aromatic heterocycles. The van der Waals surface area contributed by atoms with Crippen molar-refractivity contribution < 1.29 is 0 Å². The van der Waals surface area contributed by atoms with E-state index in [0.29, 0.717) is 11.4 Å². The number of benzene rings is 8. The maximum absolute atomic E-state index is 9.92. The molecule has 0 bridgehead atoms.